The van der Waals surface area contributed by atoms with Gasteiger partial charge in [-0.25, -0.2) is 13.6 Å². The molecule has 6 nitrogen and oxygen atoms in total. The maximum atomic E-state index is 12.4. The summed E-state index contributed by atoms with van der Waals surface area (Å²) in [5, 5.41) is 4.92. The summed E-state index contributed by atoms with van der Waals surface area (Å²) in [7, 11) is -3.81. The van der Waals surface area contributed by atoms with Gasteiger partial charge in [0.15, 0.2) is 6.04 Å². The number of alkyl halides is 3. The van der Waals surface area contributed by atoms with E-state index in [1.165, 1.54) is 46.0 Å². The number of nitrogens with two attached hydrogens (primary N) is 1. The lowest BCUT2D eigenvalue weighted by atomic mass is 10.1. The van der Waals surface area contributed by atoms with Crippen molar-refractivity contribution in [3.05, 3.63) is 53.3 Å². The van der Waals surface area contributed by atoms with Crippen LogP contribution in [0.1, 0.15) is 23.7 Å². The van der Waals surface area contributed by atoms with Gasteiger partial charge in [0.1, 0.15) is 0 Å². The number of nitrogens with zero attached hydrogens (tertiary/aromatic N) is 3. The maximum absolute atomic E-state index is 12.4. The van der Waals surface area contributed by atoms with E-state index in [4.69, 9.17) is 5.14 Å². The van der Waals surface area contributed by atoms with Crippen LogP contribution >= 0.6 is 0 Å². The second kappa shape index (κ2) is 8.91. The maximum Gasteiger partial charge on any atom is 0.412 e. The van der Waals surface area contributed by atoms with E-state index in [0.29, 0.717) is 5.69 Å². The molecule has 0 fully saturated rings. The molecular formula is C19H23F3N4O2S. The molecule has 2 heterocycles. The van der Waals surface area contributed by atoms with E-state index in [0.717, 1.165) is 12.8 Å². The predicted octanol–water partition coefficient (Wildman–Crippen LogP) is 3.37. The highest BCUT2D eigenvalue weighted by Gasteiger charge is 2.42. The lowest BCUT2D eigenvalue weighted by Gasteiger charge is -2.17. The summed E-state index contributed by atoms with van der Waals surface area (Å²) in [5.74, 6) is 0. The number of hydrogen-bond donors (Lipinski definition) is 1. The summed E-state index contributed by atoms with van der Waals surface area (Å²) in [5.41, 5.74) is 4.19. The van der Waals surface area contributed by atoms with Crippen LogP contribution in [-0.4, -0.2) is 38.5 Å². The summed E-state index contributed by atoms with van der Waals surface area (Å²) >= 11 is 0. The van der Waals surface area contributed by atoms with Crippen LogP contribution in [0.2, 0.25) is 0 Å². The second-order valence-electron chi connectivity index (χ2n) is 6.64. The quantitative estimate of drug-likeness (QED) is 0.812. The Kier molecular flexibility index (Phi) is 7.02. The summed E-state index contributed by atoms with van der Waals surface area (Å²) in [6.45, 7) is 5.99. The lowest BCUT2D eigenvalue weighted by molar-refractivity contribution is -0.142. The third kappa shape index (κ3) is 6.26. The van der Waals surface area contributed by atoms with Gasteiger partial charge in [-0.2, -0.15) is 13.2 Å². The Morgan fingerprint density at radius 1 is 1.21 bits per heavy atom. The van der Waals surface area contributed by atoms with Crippen molar-refractivity contribution in [1.29, 1.82) is 0 Å². The summed E-state index contributed by atoms with van der Waals surface area (Å²) in [6, 6.07) is 5.64. The Balaban J connectivity index is 0.000000253. The average molecular weight is 428 g/mol. The van der Waals surface area contributed by atoms with Crippen LogP contribution in [0, 0.1) is 13.8 Å². The Hall–Kier alpha value is -2.46. The van der Waals surface area contributed by atoms with Crippen LogP contribution in [0.25, 0.3) is 0 Å². The topological polar surface area (TPSA) is 88.6 Å². The fraction of sp³-hybridized carbons (Fsp3) is 0.368. The molecule has 10 heteroatoms. The summed E-state index contributed by atoms with van der Waals surface area (Å²) in [4.78, 5) is 8.86. The monoisotopic (exact) mass is 428 g/mol. The first-order chi connectivity index (χ1) is 13.4. The molecule has 1 aromatic carbocycles. The first-order valence-electron chi connectivity index (χ1n) is 8.83. The minimum Gasteiger partial charge on any atom is -0.330 e. The van der Waals surface area contributed by atoms with Crippen molar-refractivity contribution in [2.75, 3.05) is 11.4 Å². The number of anilines is 1. The van der Waals surface area contributed by atoms with Crippen molar-refractivity contribution in [2.24, 2.45) is 10.1 Å². The highest BCUT2D eigenvalue weighted by molar-refractivity contribution is 7.89. The molecule has 1 aliphatic heterocycles. The highest BCUT2D eigenvalue weighted by atomic mass is 32.2. The van der Waals surface area contributed by atoms with Crippen molar-refractivity contribution in [3.8, 4) is 0 Å². The van der Waals surface area contributed by atoms with Gasteiger partial charge in [-0.05, 0) is 55.7 Å². The molecule has 0 bridgehead atoms. The Morgan fingerprint density at radius 2 is 1.83 bits per heavy atom. The molecule has 1 unspecified atom stereocenters. The molecule has 29 heavy (non-hydrogen) atoms. The zero-order valence-electron chi connectivity index (χ0n) is 16.3. The SMILES string of the molecule is CCc1ncc(C)cc1C.NS(=O)(=O)c1ccc(N2C=NC(C(F)(F)F)C2)cc1. The normalized spacial score (nSPS) is 16.5. The number of pyridine rings is 1. The Bertz CT molecular complexity index is 974. The van der Waals surface area contributed by atoms with Gasteiger partial charge in [-0.1, -0.05) is 13.0 Å². The first kappa shape index (κ1) is 22.8. The first-order valence-corrected chi connectivity index (χ1v) is 10.4. The van der Waals surface area contributed by atoms with E-state index >= 15 is 0 Å². The number of hydrogen-bond acceptors (Lipinski definition) is 5. The third-order valence-corrected chi connectivity index (χ3v) is 5.22. The van der Waals surface area contributed by atoms with Gasteiger partial charge in [0.05, 0.1) is 17.8 Å². The molecule has 0 amide bonds. The summed E-state index contributed by atoms with van der Waals surface area (Å²) in [6.07, 6.45) is -0.339. The fourth-order valence-corrected chi connectivity index (χ4v) is 3.26. The van der Waals surface area contributed by atoms with Crippen molar-refractivity contribution in [2.45, 2.75) is 44.3 Å². The van der Waals surface area contributed by atoms with E-state index in [2.05, 4.69) is 36.8 Å². The van der Waals surface area contributed by atoms with Crippen molar-refractivity contribution >= 4 is 22.0 Å². The van der Waals surface area contributed by atoms with Gasteiger partial charge in [0.25, 0.3) is 0 Å². The predicted molar refractivity (Wildman–Crippen MR) is 107 cm³/mol. The lowest BCUT2D eigenvalue weighted by Crippen LogP contribution is -2.33. The molecule has 3 rings (SSSR count). The standard InChI is InChI=1S/C10H10F3N3O2S.C9H13N/c11-10(12,13)9-5-16(6-15-9)7-1-3-8(4-2-7)19(14,17)18;1-4-9-8(3)5-7(2)6-10-9/h1-4,6,9H,5H2,(H2,14,17,18);5-6H,4H2,1-3H3. The zero-order chi connectivity index (χ0) is 21.8. The number of halogens is 3. The molecule has 2 N–H and O–H groups in total. The van der Waals surface area contributed by atoms with Gasteiger partial charge in [-0.15, -0.1) is 0 Å². The number of aliphatic imine (C=N–C) groups is 1. The zero-order valence-corrected chi connectivity index (χ0v) is 17.1. The van der Waals surface area contributed by atoms with Crippen molar-refractivity contribution in [1.82, 2.24) is 4.98 Å². The van der Waals surface area contributed by atoms with Gasteiger partial charge >= 0.3 is 6.18 Å². The van der Waals surface area contributed by atoms with Crippen LogP contribution in [-0.2, 0) is 16.4 Å². The summed E-state index contributed by atoms with van der Waals surface area (Å²) < 4.78 is 59.4. The smallest absolute Gasteiger partial charge is 0.330 e. The number of rotatable bonds is 3. The second-order valence-corrected chi connectivity index (χ2v) is 8.20. The fourth-order valence-electron chi connectivity index (χ4n) is 2.74. The molecule has 2 aromatic rings. The van der Waals surface area contributed by atoms with Crippen LogP contribution in [0.15, 0.2) is 46.4 Å². The third-order valence-electron chi connectivity index (χ3n) is 4.29. The van der Waals surface area contributed by atoms with Gasteiger partial charge in [0.2, 0.25) is 10.0 Å². The molecule has 0 saturated heterocycles. The van der Waals surface area contributed by atoms with E-state index in [9.17, 15) is 21.6 Å². The van der Waals surface area contributed by atoms with Gasteiger partial charge < -0.3 is 4.90 Å². The number of benzene rings is 1. The molecular weight excluding hydrogens is 405 g/mol. The molecule has 0 aliphatic carbocycles. The minimum atomic E-state index is -4.38. The molecule has 0 radical (unpaired) electrons. The number of primary sulfonamides is 1. The van der Waals surface area contributed by atoms with Crippen LogP contribution in [0.3, 0.4) is 0 Å². The highest BCUT2D eigenvalue weighted by Crippen LogP contribution is 2.28. The molecule has 0 saturated carbocycles. The minimum absolute atomic E-state index is 0.0974. The number of aryl methyl sites for hydroxylation is 3. The number of sulfonamides is 1. The number of aromatic nitrogens is 1. The van der Waals surface area contributed by atoms with E-state index in [1.54, 1.807) is 0 Å². The molecule has 1 atom stereocenters. The van der Waals surface area contributed by atoms with Gasteiger partial charge in [0, 0.05) is 17.6 Å². The molecule has 0 spiro atoms. The van der Waals surface area contributed by atoms with Crippen LogP contribution in [0.4, 0.5) is 18.9 Å². The van der Waals surface area contributed by atoms with E-state index in [-0.39, 0.29) is 11.4 Å². The molecule has 1 aliphatic rings. The van der Waals surface area contributed by atoms with Crippen molar-refractivity contribution in [3.63, 3.8) is 0 Å². The van der Waals surface area contributed by atoms with E-state index < -0.39 is 22.2 Å². The van der Waals surface area contributed by atoms with Crippen molar-refractivity contribution < 1.29 is 21.6 Å². The average Bonchev–Trinajstić information content (AvgIpc) is 3.12. The van der Waals surface area contributed by atoms with Crippen LogP contribution < -0.4 is 10.0 Å². The van der Waals surface area contributed by atoms with Crippen LogP contribution in [0.5, 0.6) is 0 Å². The van der Waals surface area contributed by atoms with E-state index in [1.807, 2.05) is 6.20 Å². The van der Waals surface area contributed by atoms with Gasteiger partial charge in [-0.3, -0.25) is 9.98 Å². The molecule has 1 aromatic heterocycles. The Labute approximate surface area is 168 Å². The Morgan fingerprint density at radius 3 is 2.28 bits per heavy atom. The largest absolute Gasteiger partial charge is 0.412 e. The molecule has 158 valence electrons.